The second-order valence-electron chi connectivity index (χ2n) is 6.19. The van der Waals surface area contributed by atoms with Gasteiger partial charge in [-0.05, 0) is 43.2 Å². The lowest BCUT2D eigenvalue weighted by atomic mass is 10.0. The Morgan fingerprint density at radius 2 is 1.58 bits per heavy atom. The number of carbonyl (C=O) groups excluding carboxylic acids is 2. The van der Waals surface area contributed by atoms with Crippen LogP contribution in [0.2, 0.25) is 10.0 Å². The molecule has 1 saturated heterocycles. The molecule has 3 rings (SSSR count). The van der Waals surface area contributed by atoms with Gasteiger partial charge < -0.3 is 15.5 Å². The Morgan fingerprint density at radius 3 is 2.19 bits per heavy atom. The number of amides is 3. The summed E-state index contributed by atoms with van der Waals surface area (Å²) in [5, 5.41) is 6.71. The third-order valence-corrected chi connectivity index (χ3v) is 4.70. The molecule has 2 aromatic carbocycles. The molecule has 3 amide bonds. The molecule has 2 N–H and O–H groups in total. The van der Waals surface area contributed by atoms with E-state index in [1.807, 2.05) is 30.3 Å². The zero-order chi connectivity index (χ0) is 18.5. The van der Waals surface area contributed by atoms with E-state index in [0.29, 0.717) is 41.5 Å². The number of halogens is 2. The van der Waals surface area contributed by atoms with Gasteiger partial charge >= 0.3 is 6.03 Å². The van der Waals surface area contributed by atoms with E-state index in [2.05, 4.69) is 10.6 Å². The third-order valence-electron chi connectivity index (χ3n) is 4.27. The summed E-state index contributed by atoms with van der Waals surface area (Å²) in [6.07, 6.45) is 1.39. The van der Waals surface area contributed by atoms with Crippen molar-refractivity contribution < 1.29 is 9.59 Å². The van der Waals surface area contributed by atoms with Crippen LogP contribution in [0.25, 0.3) is 0 Å². The van der Waals surface area contributed by atoms with Gasteiger partial charge in [0.05, 0.1) is 0 Å². The van der Waals surface area contributed by atoms with Gasteiger partial charge in [-0.3, -0.25) is 4.79 Å². The number of anilines is 1. The molecule has 0 aliphatic carbocycles. The Balaban J connectivity index is 1.50. The van der Waals surface area contributed by atoms with Crippen LogP contribution in [0, 0.1) is 0 Å². The fourth-order valence-corrected chi connectivity index (χ4v) is 3.43. The summed E-state index contributed by atoms with van der Waals surface area (Å²) in [6, 6.07) is 14.0. The van der Waals surface area contributed by atoms with Gasteiger partial charge in [-0.25, -0.2) is 4.79 Å². The zero-order valence-corrected chi connectivity index (χ0v) is 15.6. The maximum Gasteiger partial charge on any atom is 0.321 e. The van der Waals surface area contributed by atoms with E-state index in [4.69, 9.17) is 23.2 Å². The number of hydrogen-bond acceptors (Lipinski definition) is 2. The number of carbonyl (C=O) groups is 2. The fourth-order valence-electron chi connectivity index (χ4n) is 2.90. The number of benzene rings is 2. The summed E-state index contributed by atoms with van der Waals surface area (Å²) in [6.45, 7) is 1.17. The minimum absolute atomic E-state index is 0.0148. The maximum atomic E-state index is 12.4. The highest BCUT2D eigenvalue weighted by Gasteiger charge is 2.24. The normalized spacial score (nSPS) is 14.8. The summed E-state index contributed by atoms with van der Waals surface area (Å²) >= 11 is 11.9. The van der Waals surface area contributed by atoms with Gasteiger partial charge in [0.15, 0.2) is 0 Å². The Hall–Kier alpha value is -2.24. The van der Waals surface area contributed by atoms with Crippen molar-refractivity contribution in [3.63, 3.8) is 0 Å². The Morgan fingerprint density at radius 1 is 0.962 bits per heavy atom. The monoisotopic (exact) mass is 391 g/mol. The number of hydrogen-bond donors (Lipinski definition) is 2. The molecule has 1 aliphatic heterocycles. The molecule has 0 aromatic heterocycles. The molecular weight excluding hydrogens is 373 g/mol. The first-order valence-corrected chi connectivity index (χ1v) is 9.15. The highest BCUT2D eigenvalue weighted by atomic mass is 35.5. The third kappa shape index (κ3) is 4.90. The fraction of sp³-hybridized carbons (Fsp3) is 0.263. The van der Waals surface area contributed by atoms with E-state index >= 15 is 0 Å². The smallest absolute Gasteiger partial charge is 0.321 e. The minimum atomic E-state index is -0.207. The predicted octanol–water partition coefficient (Wildman–Crippen LogP) is 4.42. The molecular formula is C19H19Cl2N3O2. The van der Waals surface area contributed by atoms with Gasteiger partial charge in [-0.2, -0.15) is 0 Å². The highest BCUT2D eigenvalue weighted by molar-refractivity contribution is 6.35. The summed E-state index contributed by atoms with van der Waals surface area (Å²) < 4.78 is 0. The van der Waals surface area contributed by atoms with Crippen LogP contribution < -0.4 is 10.6 Å². The summed E-state index contributed by atoms with van der Waals surface area (Å²) in [5.41, 5.74) is 1.21. The first-order chi connectivity index (χ1) is 12.5. The summed E-state index contributed by atoms with van der Waals surface area (Å²) in [5.74, 6) is -0.207. The van der Waals surface area contributed by atoms with E-state index < -0.39 is 0 Å². The molecule has 0 atom stereocenters. The van der Waals surface area contributed by atoms with Crippen molar-refractivity contribution in [2.45, 2.75) is 18.9 Å². The Labute approximate surface area is 162 Å². The molecule has 26 heavy (non-hydrogen) atoms. The van der Waals surface area contributed by atoms with Crippen LogP contribution in [0.1, 0.15) is 23.2 Å². The molecule has 0 radical (unpaired) electrons. The number of rotatable bonds is 3. The Bertz CT molecular complexity index is 770. The van der Waals surface area contributed by atoms with Gasteiger partial charge in [0, 0.05) is 40.4 Å². The van der Waals surface area contributed by atoms with Crippen molar-refractivity contribution in [2.75, 3.05) is 18.4 Å². The highest BCUT2D eigenvalue weighted by Crippen LogP contribution is 2.20. The van der Waals surface area contributed by atoms with E-state index in [-0.39, 0.29) is 18.0 Å². The zero-order valence-electron chi connectivity index (χ0n) is 14.0. The van der Waals surface area contributed by atoms with Crippen LogP contribution in [0.4, 0.5) is 10.5 Å². The van der Waals surface area contributed by atoms with Crippen LogP contribution in [-0.4, -0.2) is 36.0 Å². The van der Waals surface area contributed by atoms with Crippen molar-refractivity contribution in [1.29, 1.82) is 0 Å². The molecule has 1 aliphatic rings. The van der Waals surface area contributed by atoms with Crippen LogP contribution in [0.3, 0.4) is 0 Å². The number of nitrogens with one attached hydrogen (secondary N) is 2. The van der Waals surface area contributed by atoms with E-state index in [9.17, 15) is 9.59 Å². The van der Waals surface area contributed by atoms with E-state index in [1.165, 1.54) is 0 Å². The molecule has 136 valence electrons. The van der Waals surface area contributed by atoms with E-state index in [1.54, 1.807) is 23.1 Å². The van der Waals surface area contributed by atoms with Crippen LogP contribution in [0.5, 0.6) is 0 Å². The van der Waals surface area contributed by atoms with Gasteiger partial charge in [0.2, 0.25) is 0 Å². The van der Waals surface area contributed by atoms with Gasteiger partial charge in [-0.15, -0.1) is 0 Å². The lowest BCUT2D eigenvalue weighted by Gasteiger charge is -2.32. The molecule has 5 nitrogen and oxygen atoms in total. The molecule has 7 heteroatoms. The molecule has 0 saturated carbocycles. The van der Waals surface area contributed by atoms with E-state index in [0.717, 1.165) is 5.69 Å². The van der Waals surface area contributed by atoms with Crippen LogP contribution in [-0.2, 0) is 0 Å². The first kappa shape index (κ1) is 18.5. The van der Waals surface area contributed by atoms with Crippen LogP contribution in [0.15, 0.2) is 48.5 Å². The average molecular weight is 392 g/mol. The van der Waals surface area contributed by atoms with Crippen molar-refractivity contribution >= 4 is 40.8 Å². The van der Waals surface area contributed by atoms with Crippen molar-refractivity contribution in [2.24, 2.45) is 0 Å². The van der Waals surface area contributed by atoms with Gasteiger partial charge in [0.1, 0.15) is 0 Å². The quantitative estimate of drug-likeness (QED) is 0.813. The lowest BCUT2D eigenvalue weighted by Crippen LogP contribution is -2.47. The Kier molecular flexibility index (Phi) is 6.01. The van der Waals surface area contributed by atoms with Gasteiger partial charge in [0.25, 0.3) is 5.91 Å². The summed E-state index contributed by atoms with van der Waals surface area (Å²) in [4.78, 5) is 26.4. The first-order valence-electron chi connectivity index (χ1n) is 8.39. The number of likely N-dealkylation sites (tertiary alicyclic amines) is 1. The maximum absolute atomic E-state index is 12.4. The molecule has 2 aromatic rings. The molecule has 0 spiro atoms. The topological polar surface area (TPSA) is 61.4 Å². The number of nitrogens with zero attached hydrogens (tertiary/aromatic N) is 1. The predicted molar refractivity (Wildman–Crippen MR) is 104 cm³/mol. The second kappa shape index (κ2) is 8.43. The number of para-hydroxylation sites is 1. The minimum Gasteiger partial charge on any atom is -0.349 e. The average Bonchev–Trinajstić information content (AvgIpc) is 2.62. The molecule has 0 unspecified atom stereocenters. The summed E-state index contributed by atoms with van der Waals surface area (Å²) in [7, 11) is 0. The van der Waals surface area contributed by atoms with Crippen molar-refractivity contribution in [1.82, 2.24) is 10.2 Å². The molecule has 1 heterocycles. The van der Waals surface area contributed by atoms with Crippen molar-refractivity contribution in [3.8, 4) is 0 Å². The second-order valence-corrected chi connectivity index (χ2v) is 7.06. The largest absolute Gasteiger partial charge is 0.349 e. The number of piperidine rings is 1. The van der Waals surface area contributed by atoms with Crippen molar-refractivity contribution in [3.05, 3.63) is 64.1 Å². The lowest BCUT2D eigenvalue weighted by molar-refractivity contribution is 0.0919. The number of urea groups is 1. The molecule has 0 bridgehead atoms. The standard InChI is InChI=1S/C19H19Cl2N3O2/c20-14-10-13(11-15(21)12-14)18(25)22-17-6-8-24(9-7-17)19(26)23-16-4-2-1-3-5-16/h1-5,10-12,17H,6-9H2,(H,22,25)(H,23,26). The molecule has 1 fully saturated rings. The van der Waals surface area contributed by atoms with Crippen LogP contribution >= 0.6 is 23.2 Å². The van der Waals surface area contributed by atoms with Gasteiger partial charge in [-0.1, -0.05) is 41.4 Å². The SMILES string of the molecule is O=C(NC1CCN(C(=O)Nc2ccccc2)CC1)c1cc(Cl)cc(Cl)c1.